The zero-order valence-electron chi connectivity index (χ0n) is 13.0. The molecule has 2 aliphatic carbocycles. The molecule has 0 bridgehead atoms. The number of aryl methyl sites for hydroxylation is 1. The lowest BCUT2D eigenvalue weighted by molar-refractivity contribution is 0.731. The van der Waals surface area contributed by atoms with Crippen LogP contribution in [0.4, 0.5) is 0 Å². The summed E-state index contributed by atoms with van der Waals surface area (Å²) < 4.78 is 2.38. The summed E-state index contributed by atoms with van der Waals surface area (Å²) in [6, 6.07) is 8.97. The topological polar surface area (TPSA) is 4.93 Å². The monoisotopic (exact) mass is 287 g/mol. The first-order chi connectivity index (χ1) is 10.8. The van der Waals surface area contributed by atoms with E-state index in [1.165, 1.54) is 33.6 Å². The molecular formula is C21H21N. The fraction of sp³-hybridized carbons (Fsp3) is 0.238. The van der Waals surface area contributed by atoms with Gasteiger partial charge in [0.05, 0.1) is 0 Å². The molecule has 1 heterocycles. The van der Waals surface area contributed by atoms with Crippen molar-refractivity contribution in [1.29, 1.82) is 0 Å². The molecule has 110 valence electrons. The summed E-state index contributed by atoms with van der Waals surface area (Å²) >= 11 is 0. The molecule has 2 aliphatic rings. The van der Waals surface area contributed by atoms with E-state index in [-0.39, 0.29) is 0 Å². The Kier molecular flexibility index (Phi) is 3.15. The van der Waals surface area contributed by atoms with Crippen molar-refractivity contribution in [2.45, 2.75) is 26.2 Å². The van der Waals surface area contributed by atoms with Crippen LogP contribution in [-0.2, 0) is 12.8 Å². The molecule has 0 amide bonds. The maximum atomic E-state index is 3.88. The van der Waals surface area contributed by atoms with Crippen LogP contribution in [0.1, 0.15) is 30.2 Å². The van der Waals surface area contributed by atoms with Crippen molar-refractivity contribution in [3.63, 3.8) is 0 Å². The molecule has 0 aliphatic heterocycles. The quantitative estimate of drug-likeness (QED) is 0.703. The van der Waals surface area contributed by atoms with Crippen LogP contribution >= 0.6 is 0 Å². The largest absolute Gasteiger partial charge is 0.321 e. The highest BCUT2D eigenvalue weighted by atomic mass is 15.0. The van der Waals surface area contributed by atoms with E-state index in [0.29, 0.717) is 5.92 Å². The lowest BCUT2D eigenvalue weighted by atomic mass is 9.88. The highest BCUT2D eigenvalue weighted by molar-refractivity contribution is 5.76. The van der Waals surface area contributed by atoms with Crippen molar-refractivity contribution in [2.24, 2.45) is 5.92 Å². The van der Waals surface area contributed by atoms with Crippen LogP contribution < -0.4 is 0 Å². The van der Waals surface area contributed by atoms with Crippen molar-refractivity contribution in [2.75, 3.05) is 0 Å². The summed E-state index contributed by atoms with van der Waals surface area (Å²) in [6.45, 7) is 6.14. The van der Waals surface area contributed by atoms with E-state index < -0.39 is 0 Å². The molecule has 0 fully saturated rings. The van der Waals surface area contributed by atoms with Crippen LogP contribution in [0.5, 0.6) is 0 Å². The summed E-state index contributed by atoms with van der Waals surface area (Å²) in [5, 5.41) is 0. The molecule has 1 nitrogen and oxygen atoms in total. The van der Waals surface area contributed by atoms with Gasteiger partial charge in [-0.15, -0.1) is 0 Å². The molecular weight excluding hydrogens is 266 g/mol. The highest BCUT2D eigenvalue weighted by Gasteiger charge is 2.20. The van der Waals surface area contributed by atoms with Crippen LogP contribution in [0.2, 0.25) is 0 Å². The van der Waals surface area contributed by atoms with Gasteiger partial charge in [0.2, 0.25) is 0 Å². The molecule has 0 spiro atoms. The third-order valence-corrected chi connectivity index (χ3v) is 4.85. The minimum Gasteiger partial charge on any atom is -0.321 e. The molecule has 1 atom stereocenters. The first-order valence-corrected chi connectivity index (χ1v) is 8.11. The van der Waals surface area contributed by atoms with Crippen LogP contribution in [-0.4, -0.2) is 4.57 Å². The number of fused-ring (bicyclic) bond motifs is 3. The van der Waals surface area contributed by atoms with Crippen molar-refractivity contribution < 1.29 is 0 Å². The third kappa shape index (κ3) is 2.09. The number of rotatable bonds is 2. The second-order valence-electron chi connectivity index (χ2n) is 6.37. The normalized spacial score (nSPS) is 19.3. The number of aromatic nitrogens is 1. The lowest BCUT2D eigenvalue weighted by Crippen LogP contribution is -2.09. The van der Waals surface area contributed by atoms with Crippen LogP contribution in [0.25, 0.3) is 22.9 Å². The van der Waals surface area contributed by atoms with Gasteiger partial charge >= 0.3 is 0 Å². The average Bonchev–Trinajstić information content (AvgIpc) is 2.99. The molecule has 1 heteroatoms. The predicted molar refractivity (Wildman–Crippen MR) is 94.6 cm³/mol. The molecule has 1 aromatic carbocycles. The molecule has 0 radical (unpaired) electrons. The second-order valence-corrected chi connectivity index (χ2v) is 6.37. The first kappa shape index (κ1) is 13.4. The van der Waals surface area contributed by atoms with Crippen molar-refractivity contribution in [1.82, 2.24) is 4.57 Å². The molecule has 0 N–H and O–H groups in total. The van der Waals surface area contributed by atoms with E-state index >= 15 is 0 Å². The Hall–Kier alpha value is -2.28. The van der Waals surface area contributed by atoms with Gasteiger partial charge in [0.15, 0.2) is 0 Å². The fourth-order valence-electron chi connectivity index (χ4n) is 3.57. The molecule has 2 aromatic rings. The zero-order valence-corrected chi connectivity index (χ0v) is 13.0. The molecule has 22 heavy (non-hydrogen) atoms. The Balaban J connectivity index is 1.78. The summed E-state index contributed by atoms with van der Waals surface area (Å²) in [5.74, 6) is 0.660. The Morgan fingerprint density at radius 3 is 2.86 bits per heavy atom. The van der Waals surface area contributed by atoms with Crippen molar-refractivity contribution in [3.8, 4) is 11.1 Å². The van der Waals surface area contributed by atoms with Gasteiger partial charge in [-0.2, -0.15) is 0 Å². The minimum absolute atomic E-state index is 0.660. The van der Waals surface area contributed by atoms with Crippen LogP contribution in [0.3, 0.4) is 0 Å². The predicted octanol–water partition coefficient (Wildman–Crippen LogP) is 5.33. The van der Waals surface area contributed by atoms with Crippen LogP contribution in [0, 0.1) is 5.92 Å². The Labute approximate surface area is 132 Å². The molecule has 4 rings (SSSR count). The lowest BCUT2D eigenvalue weighted by Gasteiger charge is -2.21. The maximum absolute atomic E-state index is 3.88. The van der Waals surface area contributed by atoms with Gasteiger partial charge in [0.25, 0.3) is 0 Å². The summed E-state index contributed by atoms with van der Waals surface area (Å²) in [7, 11) is 0. The number of benzene rings is 1. The van der Waals surface area contributed by atoms with E-state index in [9.17, 15) is 0 Å². The zero-order chi connectivity index (χ0) is 15.1. The summed E-state index contributed by atoms with van der Waals surface area (Å²) in [6.07, 6.45) is 14.5. The summed E-state index contributed by atoms with van der Waals surface area (Å²) in [5.41, 5.74) is 8.22. The van der Waals surface area contributed by atoms with Gasteiger partial charge < -0.3 is 4.57 Å². The van der Waals surface area contributed by atoms with E-state index in [0.717, 1.165) is 19.3 Å². The molecule has 1 aromatic heterocycles. The Morgan fingerprint density at radius 1 is 1.18 bits per heavy atom. The van der Waals surface area contributed by atoms with E-state index in [4.69, 9.17) is 0 Å². The van der Waals surface area contributed by atoms with E-state index in [1.807, 2.05) is 6.08 Å². The maximum Gasteiger partial charge on any atom is 0.0409 e. The first-order valence-electron chi connectivity index (χ1n) is 8.11. The van der Waals surface area contributed by atoms with Gasteiger partial charge in [0.1, 0.15) is 0 Å². The Bertz CT molecular complexity index is 801. The van der Waals surface area contributed by atoms with Gasteiger partial charge in [-0.25, -0.2) is 0 Å². The average molecular weight is 287 g/mol. The SMILES string of the molecule is C=Cc1ccc2c(c1)CCc1c-2ccn1C1=CCC(C)C=C1. The molecule has 0 saturated carbocycles. The van der Waals surface area contributed by atoms with E-state index in [2.05, 4.69) is 66.8 Å². The van der Waals surface area contributed by atoms with Crippen molar-refractivity contribution in [3.05, 3.63) is 72.1 Å². The van der Waals surface area contributed by atoms with Gasteiger partial charge in [-0.3, -0.25) is 0 Å². The molecule has 0 saturated heterocycles. The highest BCUT2D eigenvalue weighted by Crippen LogP contribution is 2.36. The van der Waals surface area contributed by atoms with E-state index in [1.54, 1.807) is 0 Å². The number of nitrogens with zero attached hydrogens (tertiary/aromatic N) is 1. The van der Waals surface area contributed by atoms with Crippen LogP contribution in [0.15, 0.2) is 55.3 Å². The fourth-order valence-corrected chi connectivity index (χ4v) is 3.57. The van der Waals surface area contributed by atoms with Gasteiger partial charge in [-0.1, -0.05) is 49.9 Å². The standard InChI is InChI=1S/C21H21N/c1-3-16-6-10-19-17(14-16)7-11-21-20(19)12-13-22(21)18-8-4-15(2)5-9-18/h3-4,6,8-10,12-15H,1,5,7,11H2,2H3. The third-order valence-electron chi connectivity index (χ3n) is 4.85. The summed E-state index contributed by atoms with van der Waals surface area (Å²) in [4.78, 5) is 0. The Morgan fingerprint density at radius 2 is 2.09 bits per heavy atom. The molecule has 1 unspecified atom stereocenters. The van der Waals surface area contributed by atoms with Crippen molar-refractivity contribution >= 4 is 11.8 Å². The number of hydrogen-bond acceptors (Lipinski definition) is 0. The number of allylic oxidation sites excluding steroid dienone is 4. The smallest absolute Gasteiger partial charge is 0.0409 e. The number of hydrogen-bond donors (Lipinski definition) is 0. The minimum atomic E-state index is 0.660. The van der Waals surface area contributed by atoms with Gasteiger partial charge in [-0.05, 0) is 54.0 Å². The second kappa shape index (κ2) is 5.17. The van der Waals surface area contributed by atoms with Gasteiger partial charge in [0, 0.05) is 23.2 Å².